The van der Waals surface area contributed by atoms with E-state index in [1.54, 1.807) is 18.2 Å². The van der Waals surface area contributed by atoms with Crippen LogP contribution in [0.4, 0.5) is 5.69 Å². The second-order valence-corrected chi connectivity index (χ2v) is 4.67. The molecule has 0 radical (unpaired) electrons. The van der Waals surface area contributed by atoms with Crippen LogP contribution in [-0.4, -0.2) is 28.4 Å². The average molecular weight is 299 g/mol. The lowest BCUT2D eigenvalue weighted by atomic mass is 10.1. The number of hydrogen-bond acceptors (Lipinski definition) is 4. The van der Waals surface area contributed by atoms with Crippen molar-refractivity contribution in [2.75, 3.05) is 17.9 Å². The third-order valence-electron chi connectivity index (χ3n) is 2.47. The zero-order valence-corrected chi connectivity index (χ0v) is 12.6. The summed E-state index contributed by atoms with van der Waals surface area (Å²) in [5.74, 6) is 0.815. The number of benzene rings is 1. The Morgan fingerprint density at radius 2 is 2.15 bits per heavy atom. The number of nitrogens with two attached hydrogens (primary N) is 1. The van der Waals surface area contributed by atoms with Crippen LogP contribution in [0.5, 0.6) is 5.75 Å². The van der Waals surface area contributed by atoms with Gasteiger partial charge in [-0.25, -0.2) is 4.21 Å². The second-order valence-electron chi connectivity index (χ2n) is 3.79. The summed E-state index contributed by atoms with van der Waals surface area (Å²) in [4.78, 5) is 0. The van der Waals surface area contributed by atoms with Crippen LogP contribution < -0.4 is 15.2 Å². The molecule has 0 saturated carbocycles. The van der Waals surface area contributed by atoms with Crippen molar-refractivity contribution in [3.63, 3.8) is 0 Å². The lowest BCUT2D eigenvalue weighted by molar-refractivity contribution is 0.253. The standard InChI is InChI=1S/C11H15N3O3S.C2H6/c12-11-10-8(13-18(16)14-11)4-3-5-9(10)17-7-2-1-6-15;1-2/h3-5,13,15H,1-2,6-7H2,(H2,12,14);1-2H3. The molecule has 1 atom stereocenters. The molecule has 4 N–H and O–H groups in total. The van der Waals surface area contributed by atoms with E-state index >= 15 is 0 Å². The van der Waals surface area contributed by atoms with E-state index in [1.165, 1.54) is 0 Å². The summed E-state index contributed by atoms with van der Waals surface area (Å²) in [5, 5.41) is 8.69. The van der Waals surface area contributed by atoms with Gasteiger partial charge < -0.3 is 15.6 Å². The summed E-state index contributed by atoms with van der Waals surface area (Å²) >= 11 is -1.52. The number of ether oxygens (including phenoxy) is 1. The Morgan fingerprint density at radius 3 is 2.85 bits per heavy atom. The van der Waals surface area contributed by atoms with Gasteiger partial charge in [-0.2, -0.15) is 4.40 Å². The number of aliphatic hydroxyl groups is 1. The minimum atomic E-state index is -1.52. The first-order valence-electron chi connectivity index (χ1n) is 6.62. The fourth-order valence-corrected chi connectivity index (χ4v) is 2.32. The molecule has 0 bridgehead atoms. The highest BCUT2D eigenvalue weighted by atomic mass is 32.2. The summed E-state index contributed by atoms with van der Waals surface area (Å²) in [6.45, 7) is 4.65. The number of hydrogen-bond donors (Lipinski definition) is 3. The molecule has 1 aliphatic rings. The van der Waals surface area contributed by atoms with Crippen LogP contribution in [0.3, 0.4) is 0 Å². The predicted octanol–water partition coefficient (Wildman–Crippen LogP) is 1.57. The number of unbranched alkanes of at least 4 members (excludes halogenated alkanes) is 1. The van der Waals surface area contributed by atoms with Crippen molar-refractivity contribution in [1.82, 2.24) is 0 Å². The van der Waals surface area contributed by atoms with Gasteiger partial charge in [-0.15, -0.1) is 0 Å². The van der Waals surface area contributed by atoms with E-state index in [1.807, 2.05) is 13.8 Å². The first-order valence-corrected chi connectivity index (χ1v) is 7.73. The van der Waals surface area contributed by atoms with Crippen molar-refractivity contribution in [3.8, 4) is 5.75 Å². The Hall–Kier alpha value is -1.60. The molecule has 0 fully saturated rings. The molecule has 1 heterocycles. The first-order chi connectivity index (χ1) is 9.72. The Balaban J connectivity index is 0.000000956. The van der Waals surface area contributed by atoms with Crippen molar-refractivity contribution in [1.29, 1.82) is 0 Å². The molecule has 0 spiro atoms. The molecule has 7 heteroatoms. The molecule has 0 saturated heterocycles. The van der Waals surface area contributed by atoms with Gasteiger partial charge in [0.25, 0.3) is 0 Å². The number of amidine groups is 1. The Labute approximate surface area is 121 Å². The molecular formula is C13H21N3O3S. The largest absolute Gasteiger partial charge is 0.493 e. The molecule has 2 rings (SSSR count). The molecule has 0 aliphatic carbocycles. The lowest BCUT2D eigenvalue weighted by Crippen LogP contribution is -2.24. The van der Waals surface area contributed by atoms with Gasteiger partial charge in [0.15, 0.2) is 0 Å². The number of anilines is 1. The highest BCUT2D eigenvalue weighted by Gasteiger charge is 2.19. The molecule has 6 nitrogen and oxygen atoms in total. The van der Waals surface area contributed by atoms with Crippen molar-refractivity contribution in [3.05, 3.63) is 23.8 Å². The summed E-state index contributed by atoms with van der Waals surface area (Å²) in [6.07, 6.45) is 1.46. The molecule has 0 aromatic heterocycles. The summed E-state index contributed by atoms with van der Waals surface area (Å²) < 4.78 is 23.4. The highest BCUT2D eigenvalue weighted by molar-refractivity contribution is 7.85. The maximum atomic E-state index is 11.3. The minimum Gasteiger partial charge on any atom is -0.493 e. The zero-order valence-electron chi connectivity index (χ0n) is 11.8. The first kappa shape index (κ1) is 16.5. The molecule has 1 unspecified atom stereocenters. The van der Waals surface area contributed by atoms with Crippen molar-refractivity contribution in [2.24, 2.45) is 10.1 Å². The number of nitrogens with one attached hydrogen (secondary N) is 1. The minimum absolute atomic E-state index is 0.153. The fourth-order valence-electron chi connectivity index (χ4n) is 1.65. The predicted molar refractivity (Wildman–Crippen MR) is 82.1 cm³/mol. The molecule has 112 valence electrons. The van der Waals surface area contributed by atoms with Gasteiger partial charge >= 0.3 is 0 Å². The van der Waals surface area contributed by atoms with Crippen molar-refractivity contribution >= 4 is 22.7 Å². The molecule has 20 heavy (non-hydrogen) atoms. The second kappa shape index (κ2) is 8.55. The van der Waals surface area contributed by atoms with Gasteiger partial charge in [0.1, 0.15) is 11.6 Å². The third-order valence-corrected chi connectivity index (χ3v) is 3.23. The van der Waals surface area contributed by atoms with E-state index in [2.05, 4.69) is 9.12 Å². The van der Waals surface area contributed by atoms with Crippen LogP contribution in [0.25, 0.3) is 0 Å². The maximum absolute atomic E-state index is 11.3. The van der Waals surface area contributed by atoms with Crippen LogP contribution in [0.2, 0.25) is 0 Å². The number of nitrogens with zero attached hydrogens (tertiary/aromatic N) is 1. The maximum Gasteiger partial charge on any atom is 0.245 e. The lowest BCUT2D eigenvalue weighted by Gasteiger charge is -2.18. The Bertz CT molecular complexity index is 492. The summed E-state index contributed by atoms with van der Waals surface area (Å²) in [7, 11) is 0. The number of aliphatic hydroxyl groups excluding tert-OH is 1. The SMILES string of the molecule is CC.NC1=NS(=O)Nc2cccc(OCCCCO)c21. The third kappa shape index (κ3) is 4.21. The van der Waals surface area contributed by atoms with Crippen LogP contribution in [-0.2, 0) is 11.2 Å². The molecule has 1 aromatic rings. The van der Waals surface area contributed by atoms with E-state index < -0.39 is 11.2 Å². The van der Waals surface area contributed by atoms with E-state index in [0.29, 0.717) is 30.0 Å². The summed E-state index contributed by atoms with van der Waals surface area (Å²) in [5.41, 5.74) is 7.06. The van der Waals surface area contributed by atoms with Crippen molar-refractivity contribution in [2.45, 2.75) is 26.7 Å². The summed E-state index contributed by atoms with van der Waals surface area (Å²) in [6, 6.07) is 5.36. The van der Waals surface area contributed by atoms with Gasteiger partial charge in [0.05, 0.1) is 17.9 Å². The normalized spacial score (nSPS) is 16.1. The van der Waals surface area contributed by atoms with Crippen LogP contribution >= 0.6 is 0 Å². The smallest absolute Gasteiger partial charge is 0.245 e. The molecule has 0 amide bonds. The van der Waals surface area contributed by atoms with Gasteiger partial charge in [0.2, 0.25) is 11.2 Å². The van der Waals surface area contributed by atoms with Crippen LogP contribution in [0.15, 0.2) is 22.6 Å². The topological polar surface area (TPSA) is 96.9 Å². The van der Waals surface area contributed by atoms with Gasteiger partial charge in [0, 0.05) is 6.61 Å². The van der Waals surface area contributed by atoms with Crippen LogP contribution in [0.1, 0.15) is 32.3 Å². The molecule has 1 aromatic carbocycles. The quantitative estimate of drug-likeness (QED) is 0.719. The van der Waals surface area contributed by atoms with Gasteiger partial charge in [-0.1, -0.05) is 19.9 Å². The Morgan fingerprint density at radius 1 is 1.40 bits per heavy atom. The molecular weight excluding hydrogens is 278 g/mol. The molecule has 1 aliphatic heterocycles. The fraction of sp³-hybridized carbons (Fsp3) is 0.462. The Kier molecular flexibility index (Phi) is 7.03. The van der Waals surface area contributed by atoms with Crippen molar-refractivity contribution < 1.29 is 14.1 Å². The van der Waals surface area contributed by atoms with Crippen LogP contribution in [0, 0.1) is 0 Å². The van der Waals surface area contributed by atoms with E-state index in [4.69, 9.17) is 15.6 Å². The highest BCUT2D eigenvalue weighted by Crippen LogP contribution is 2.29. The zero-order chi connectivity index (χ0) is 15.0. The monoisotopic (exact) mass is 299 g/mol. The average Bonchev–Trinajstić information content (AvgIpc) is 2.45. The van der Waals surface area contributed by atoms with E-state index in [9.17, 15) is 4.21 Å². The number of fused-ring (bicyclic) bond motifs is 1. The van der Waals surface area contributed by atoms with E-state index in [0.717, 1.165) is 6.42 Å². The number of rotatable bonds is 5. The van der Waals surface area contributed by atoms with E-state index in [-0.39, 0.29) is 12.4 Å². The van der Waals surface area contributed by atoms with Gasteiger partial charge in [-0.3, -0.25) is 4.72 Å². The van der Waals surface area contributed by atoms with Gasteiger partial charge in [-0.05, 0) is 25.0 Å².